The number of rotatable bonds is 0. The second-order valence-electron chi connectivity index (χ2n) is 21.8. The third kappa shape index (κ3) is 16.1. The smallest absolute Gasteiger partial charge is 0.0733 e. The van der Waals surface area contributed by atoms with E-state index in [-0.39, 0.29) is 0 Å². The first-order valence-electron chi connectivity index (χ1n) is 28.7. The largest absolute Gasteiger partial charge is 0.256 e. The molecule has 84 heavy (non-hydrogen) atoms. The van der Waals surface area contributed by atoms with E-state index in [0.717, 1.165) is 61.4 Å². The molecule has 14 rings (SSSR count). The van der Waals surface area contributed by atoms with Crippen LogP contribution < -0.4 is 0 Å². The highest BCUT2D eigenvalue weighted by Crippen LogP contribution is 2.22. The van der Waals surface area contributed by atoms with Crippen LogP contribution in [0.3, 0.4) is 0 Å². The van der Waals surface area contributed by atoms with Crippen molar-refractivity contribution < 1.29 is 0 Å². The lowest BCUT2D eigenvalue weighted by Gasteiger charge is -2.03. The number of para-hydroxylation sites is 2. The number of aryl methyl sites for hydroxylation is 14. The molecule has 0 aliphatic rings. The maximum absolute atomic E-state index is 4.48. The SMILES string of the molecule is Cc1cc2ccccc2nc1C.Cc1ccc(C)c2ncccc12.Cc1ccc2c(C)cccc2n1.Cc1ccc2ccc(C)nc2c1.Cc1ccc2nc(C)ccc2c1.Cc1cnc2cccc(C)c2c1.Cc1cnc2ccccc2c1C. The van der Waals surface area contributed by atoms with E-state index < -0.39 is 0 Å². The summed E-state index contributed by atoms with van der Waals surface area (Å²) in [6.07, 6.45) is 5.67. The van der Waals surface area contributed by atoms with Crippen molar-refractivity contribution in [3.63, 3.8) is 0 Å². The number of benzene rings is 7. The average molecular weight is 1100 g/mol. The minimum absolute atomic E-state index is 1.08. The van der Waals surface area contributed by atoms with E-state index in [4.69, 9.17) is 0 Å². The number of aromatic nitrogens is 7. The van der Waals surface area contributed by atoms with Gasteiger partial charge in [0.25, 0.3) is 0 Å². The number of hydrogen-bond donors (Lipinski definition) is 0. The van der Waals surface area contributed by atoms with E-state index in [9.17, 15) is 0 Å². The second-order valence-corrected chi connectivity index (χ2v) is 21.8. The Labute approximate surface area is 496 Å². The maximum atomic E-state index is 4.48. The zero-order valence-electron chi connectivity index (χ0n) is 51.3. The van der Waals surface area contributed by atoms with Crippen molar-refractivity contribution >= 4 is 76.3 Å². The first-order valence-corrected chi connectivity index (χ1v) is 28.7. The maximum Gasteiger partial charge on any atom is 0.0733 e. The van der Waals surface area contributed by atoms with Gasteiger partial charge in [0.15, 0.2) is 0 Å². The van der Waals surface area contributed by atoms with Gasteiger partial charge in [-0.2, -0.15) is 0 Å². The fourth-order valence-corrected chi connectivity index (χ4v) is 9.64. The van der Waals surface area contributed by atoms with Crippen molar-refractivity contribution in [2.24, 2.45) is 0 Å². The lowest BCUT2D eigenvalue weighted by atomic mass is 10.1. The molecule has 7 aromatic carbocycles. The van der Waals surface area contributed by atoms with Crippen molar-refractivity contribution in [3.05, 3.63) is 291 Å². The van der Waals surface area contributed by atoms with Crippen LogP contribution in [-0.4, -0.2) is 34.9 Å². The molecular weight excluding hydrogens is 1020 g/mol. The Balaban J connectivity index is 0.000000128. The highest BCUT2D eigenvalue weighted by atomic mass is 14.7. The number of nitrogens with zero attached hydrogens (tertiary/aromatic N) is 7. The summed E-state index contributed by atoms with van der Waals surface area (Å²) in [5.74, 6) is 0. The Morgan fingerprint density at radius 2 is 0.774 bits per heavy atom. The van der Waals surface area contributed by atoms with Crippen LogP contribution in [0, 0.1) is 96.9 Å². The molecule has 0 bridgehead atoms. The molecule has 0 unspecified atom stereocenters. The third-order valence-corrected chi connectivity index (χ3v) is 14.8. The fraction of sp³-hybridized carbons (Fsp3) is 0.182. The van der Waals surface area contributed by atoms with Gasteiger partial charge in [0.1, 0.15) is 0 Å². The minimum atomic E-state index is 1.08. The van der Waals surface area contributed by atoms with Gasteiger partial charge >= 0.3 is 0 Å². The fourth-order valence-electron chi connectivity index (χ4n) is 9.64. The van der Waals surface area contributed by atoms with Crippen LogP contribution >= 0.6 is 0 Å². The summed E-state index contributed by atoms with van der Waals surface area (Å²) in [5, 5.41) is 8.70. The van der Waals surface area contributed by atoms with Crippen LogP contribution in [0.25, 0.3) is 76.3 Å². The third-order valence-electron chi connectivity index (χ3n) is 14.8. The van der Waals surface area contributed by atoms with Crippen LogP contribution in [0.15, 0.2) is 213 Å². The zero-order chi connectivity index (χ0) is 59.9. The van der Waals surface area contributed by atoms with E-state index in [1.807, 2.05) is 113 Å². The number of fused-ring (bicyclic) bond motifs is 7. The van der Waals surface area contributed by atoms with Gasteiger partial charge in [0, 0.05) is 79.1 Å². The molecule has 0 aliphatic carbocycles. The summed E-state index contributed by atoms with van der Waals surface area (Å²) in [4.78, 5) is 30.8. The van der Waals surface area contributed by atoms with Gasteiger partial charge in [0.2, 0.25) is 0 Å². The van der Waals surface area contributed by atoms with Crippen LogP contribution in [-0.2, 0) is 0 Å². The highest BCUT2D eigenvalue weighted by Gasteiger charge is 2.03. The predicted octanol–water partition coefficient (Wildman–Crippen LogP) is 20.0. The lowest BCUT2D eigenvalue weighted by Crippen LogP contribution is -1.87. The standard InChI is InChI=1S/7C11H11N/c1-8-3-6-11-10(7-8)5-4-9(2)12-11;1-8-3-5-10-6-4-9(2)12-11(10)7-8;1-8-5-6-9(2)11-10(8)4-3-7-12-11;1-8-6-10-9(2)4-3-5-11(10)12-7-8;1-8-4-3-5-11-10(8)7-6-9(2)12-11;1-8-7-12-11-6-4-3-5-10(11)9(8)2;1-8-7-10-5-3-4-6-11(10)12-9(8)2/h7*3-7H,1-2H3. The topological polar surface area (TPSA) is 90.2 Å². The molecule has 7 aromatic heterocycles. The molecule has 0 aliphatic heterocycles. The normalized spacial score (nSPS) is 10.5. The molecule has 0 radical (unpaired) electrons. The minimum Gasteiger partial charge on any atom is -0.256 e. The van der Waals surface area contributed by atoms with E-state index in [1.165, 1.54) is 93.3 Å². The van der Waals surface area contributed by atoms with Gasteiger partial charge in [-0.1, -0.05) is 121 Å². The Morgan fingerprint density at radius 1 is 0.250 bits per heavy atom. The Morgan fingerprint density at radius 3 is 1.52 bits per heavy atom. The molecule has 7 heteroatoms. The van der Waals surface area contributed by atoms with E-state index in [1.54, 1.807) is 0 Å². The van der Waals surface area contributed by atoms with E-state index >= 15 is 0 Å². The van der Waals surface area contributed by atoms with Crippen molar-refractivity contribution in [3.8, 4) is 0 Å². The molecule has 0 saturated heterocycles. The number of hydrogen-bond acceptors (Lipinski definition) is 7. The van der Waals surface area contributed by atoms with Crippen molar-refractivity contribution in [1.29, 1.82) is 0 Å². The first kappa shape index (κ1) is 60.5. The molecule has 0 spiro atoms. The molecule has 420 valence electrons. The summed E-state index contributed by atoms with van der Waals surface area (Å²) in [5.41, 5.74) is 24.7. The summed E-state index contributed by atoms with van der Waals surface area (Å²) in [6, 6.07) is 66.7. The van der Waals surface area contributed by atoms with Gasteiger partial charge in [-0.3, -0.25) is 34.9 Å². The van der Waals surface area contributed by atoms with Crippen molar-refractivity contribution in [2.75, 3.05) is 0 Å². The summed E-state index contributed by atoms with van der Waals surface area (Å²) < 4.78 is 0. The van der Waals surface area contributed by atoms with Crippen molar-refractivity contribution in [2.45, 2.75) is 96.9 Å². The molecule has 7 nitrogen and oxygen atoms in total. The molecule has 0 atom stereocenters. The molecule has 0 saturated carbocycles. The van der Waals surface area contributed by atoms with Crippen LogP contribution in [0.5, 0.6) is 0 Å². The summed E-state index contributed by atoms with van der Waals surface area (Å²) >= 11 is 0. The van der Waals surface area contributed by atoms with Crippen molar-refractivity contribution in [1.82, 2.24) is 34.9 Å². The lowest BCUT2D eigenvalue weighted by molar-refractivity contribution is 1.20. The van der Waals surface area contributed by atoms with E-state index in [0.29, 0.717) is 0 Å². The average Bonchev–Trinajstić information content (AvgIpc) is 3.69. The first-order chi connectivity index (χ1) is 40.4. The molecule has 0 amide bonds. The van der Waals surface area contributed by atoms with Crippen LogP contribution in [0.2, 0.25) is 0 Å². The van der Waals surface area contributed by atoms with Crippen LogP contribution in [0.4, 0.5) is 0 Å². The van der Waals surface area contributed by atoms with Gasteiger partial charge in [-0.25, -0.2) is 0 Å². The van der Waals surface area contributed by atoms with Gasteiger partial charge in [-0.05, 0) is 226 Å². The van der Waals surface area contributed by atoms with Crippen LogP contribution in [0.1, 0.15) is 78.4 Å². The molecule has 0 fully saturated rings. The second kappa shape index (κ2) is 28.4. The molecule has 14 aromatic rings. The summed E-state index contributed by atoms with van der Waals surface area (Å²) in [6.45, 7) is 29.1. The number of pyridine rings is 7. The predicted molar refractivity (Wildman–Crippen MR) is 359 cm³/mol. The molecule has 0 N–H and O–H groups in total. The van der Waals surface area contributed by atoms with Gasteiger partial charge in [0.05, 0.1) is 38.6 Å². The summed E-state index contributed by atoms with van der Waals surface area (Å²) in [7, 11) is 0. The molecular formula is C77H77N7. The quantitative estimate of drug-likeness (QED) is 0.149. The monoisotopic (exact) mass is 1100 g/mol. The highest BCUT2D eigenvalue weighted by molar-refractivity contribution is 5.86. The molecule has 7 heterocycles. The van der Waals surface area contributed by atoms with E-state index in [2.05, 4.69) is 232 Å². The Bertz CT molecular complexity index is 4350. The van der Waals surface area contributed by atoms with Gasteiger partial charge < -0.3 is 0 Å². The zero-order valence-corrected chi connectivity index (χ0v) is 51.3. The Hall–Kier alpha value is -9.59. The van der Waals surface area contributed by atoms with Gasteiger partial charge in [-0.15, -0.1) is 0 Å². The Kier molecular flexibility index (Phi) is 20.5.